The molecule has 0 amide bonds. The number of para-hydroxylation sites is 1. The van der Waals surface area contributed by atoms with Gasteiger partial charge in [-0.05, 0) is 25.0 Å². The van der Waals surface area contributed by atoms with Crippen LogP contribution in [0.15, 0.2) is 24.3 Å². The maximum absolute atomic E-state index is 12.8. The average molecular weight is 297 g/mol. The van der Waals surface area contributed by atoms with Gasteiger partial charge in [0.1, 0.15) is 12.4 Å². The van der Waals surface area contributed by atoms with Crippen LogP contribution in [0.1, 0.15) is 12.8 Å². The molecule has 3 rings (SSSR count). The van der Waals surface area contributed by atoms with Gasteiger partial charge in [0.2, 0.25) is 5.95 Å². The molecule has 5 nitrogen and oxygen atoms in total. The number of benzene rings is 1. The van der Waals surface area contributed by atoms with Crippen molar-refractivity contribution in [1.29, 1.82) is 0 Å². The van der Waals surface area contributed by atoms with E-state index in [1.165, 1.54) is 4.90 Å². The standard InChI is InChI=1S/C13H14F3N5/c14-13(15,16)7-21(8-5-6-8)11-9-3-1-2-4-10(9)18-12(19-11)20-17/h1-4,8H,5-7,17H2,(H,18,19,20). The summed E-state index contributed by atoms with van der Waals surface area (Å²) in [7, 11) is 0. The molecule has 3 N–H and O–H groups in total. The molecular formula is C13H14F3N5. The van der Waals surface area contributed by atoms with Gasteiger partial charge in [-0.2, -0.15) is 18.2 Å². The zero-order chi connectivity index (χ0) is 15.0. The second-order valence-electron chi connectivity index (χ2n) is 5.01. The fraction of sp³-hybridized carbons (Fsp3) is 0.385. The van der Waals surface area contributed by atoms with Gasteiger partial charge in [0.25, 0.3) is 0 Å². The van der Waals surface area contributed by atoms with Crippen LogP contribution < -0.4 is 16.2 Å². The highest BCUT2D eigenvalue weighted by Gasteiger charge is 2.39. The maximum atomic E-state index is 12.8. The Balaban J connectivity index is 2.11. The molecule has 21 heavy (non-hydrogen) atoms. The van der Waals surface area contributed by atoms with Gasteiger partial charge in [0.05, 0.1) is 5.52 Å². The highest BCUT2D eigenvalue weighted by Crippen LogP contribution is 2.36. The van der Waals surface area contributed by atoms with Crippen molar-refractivity contribution >= 4 is 22.7 Å². The Kier molecular flexibility index (Phi) is 3.32. The lowest BCUT2D eigenvalue weighted by atomic mass is 10.2. The summed E-state index contributed by atoms with van der Waals surface area (Å²) in [5.41, 5.74) is 2.86. The minimum atomic E-state index is -4.29. The maximum Gasteiger partial charge on any atom is 0.405 e. The van der Waals surface area contributed by atoms with E-state index in [9.17, 15) is 13.2 Å². The minimum Gasteiger partial charge on any atom is -0.344 e. The summed E-state index contributed by atoms with van der Waals surface area (Å²) in [5.74, 6) is 5.69. The molecule has 1 aliphatic rings. The Morgan fingerprint density at radius 2 is 1.95 bits per heavy atom. The lowest BCUT2D eigenvalue weighted by Gasteiger charge is -2.26. The zero-order valence-electron chi connectivity index (χ0n) is 11.1. The number of nitrogens with zero attached hydrogens (tertiary/aromatic N) is 3. The molecule has 0 radical (unpaired) electrons. The highest BCUT2D eigenvalue weighted by atomic mass is 19.4. The first-order valence-corrected chi connectivity index (χ1v) is 6.55. The molecule has 2 aromatic rings. The summed E-state index contributed by atoms with van der Waals surface area (Å²) in [4.78, 5) is 9.60. The zero-order valence-corrected chi connectivity index (χ0v) is 11.1. The van der Waals surface area contributed by atoms with E-state index in [1.807, 2.05) is 0 Å². The SMILES string of the molecule is NNc1nc(N(CC(F)(F)F)C2CC2)c2ccccc2n1. The predicted molar refractivity (Wildman–Crippen MR) is 73.8 cm³/mol. The molecule has 1 aliphatic carbocycles. The summed E-state index contributed by atoms with van der Waals surface area (Å²) >= 11 is 0. The molecule has 0 unspecified atom stereocenters. The molecule has 8 heteroatoms. The first-order chi connectivity index (χ1) is 9.98. The number of nitrogen functional groups attached to an aromatic ring is 1. The van der Waals surface area contributed by atoms with E-state index in [4.69, 9.17) is 5.84 Å². The molecule has 112 valence electrons. The van der Waals surface area contributed by atoms with E-state index >= 15 is 0 Å². The van der Waals surface area contributed by atoms with Gasteiger partial charge in [0.15, 0.2) is 0 Å². The Morgan fingerprint density at radius 1 is 1.24 bits per heavy atom. The van der Waals surface area contributed by atoms with Crippen LogP contribution in [0.25, 0.3) is 10.9 Å². The van der Waals surface area contributed by atoms with Gasteiger partial charge in [0, 0.05) is 11.4 Å². The van der Waals surface area contributed by atoms with E-state index in [1.54, 1.807) is 24.3 Å². The summed E-state index contributed by atoms with van der Waals surface area (Å²) < 4.78 is 38.5. The predicted octanol–water partition coefficient (Wildman–Crippen LogP) is 2.45. The first kappa shape index (κ1) is 13.9. The van der Waals surface area contributed by atoms with Gasteiger partial charge >= 0.3 is 6.18 Å². The van der Waals surface area contributed by atoms with Crippen LogP contribution in [-0.2, 0) is 0 Å². The molecule has 0 saturated heterocycles. The smallest absolute Gasteiger partial charge is 0.344 e. The van der Waals surface area contributed by atoms with Crippen LogP contribution in [0.2, 0.25) is 0 Å². The van der Waals surface area contributed by atoms with Crippen molar-refractivity contribution in [2.24, 2.45) is 5.84 Å². The number of hydrogen-bond acceptors (Lipinski definition) is 5. The molecule has 0 bridgehead atoms. The Labute approximate surface area is 118 Å². The topological polar surface area (TPSA) is 67.1 Å². The van der Waals surface area contributed by atoms with Gasteiger partial charge in [-0.25, -0.2) is 10.8 Å². The Hall–Kier alpha value is -2.09. The first-order valence-electron chi connectivity index (χ1n) is 6.55. The lowest BCUT2D eigenvalue weighted by Crippen LogP contribution is -2.37. The third-order valence-corrected chi connectivity index (χ3v) is 3.32. The number of nitrogens with two attached hydrogens (primary N) is 1. The second kappa shape index (κ2) is 5.03. The van der Waals surface area contributed by atoms with Crippen LogP contribution in [0.5, 0.6) is 0 Å². The number of fused-ring (bicyclic) bond motifs is 1. The summed E-state index contributed by atoms with van der Waals surface area (Å²) in [6.07, 6.45) is -2.81. The molecule has 1 fully saturated rings. The highest BCUT2D eigenvalue weighted by molar-refractivity contribution is 5.90. The third kappa shape index (κ3) is 2.99. The average Bonchev–Trinajstić information content (AvgIpc) is 3.27. The van der Waals surface area contributed by atoms with E-state index in [2.05, 4.69) is 15.4 Å². The molecule has 1 saturated carbocycles. The minimum absolute atomic E-state index is 0.108. The number of anilines is 2. The molecular weight excluding hydrogens is 283 g/mol. The number of nitrogens with one attached hydrogen (secondary N) is 1. The van der Waals surface area contributed by atoms with Crippen LogP contribution in [0, 0.1) is 0 Å². The van der Waals surface area contributed by atoms with Crippen LogP contribution in [0.4, 0.5) is 24.9 Å². The number of hydrazine groups is 1. The fourth-order valence-electron chi connectivity index (χ4n) is 2.30. The number of halogens is 3. The molecule has 1 aromatic carbocycles. The molecule has 0 aliphatic heterocycles. The Bertz CT molecular complexity index is 654. The van der Waals surface area contributed by atoms with Gasteiger partial charge in [-0.15, -0.1) is 0 Å². The van der Waals surface area contributed by atoms with E-state index in [0.717, 1.165) is 12.8 Å². The van der Waals surface area contributed by atoms with Crippen LogP contribution >= 0.6 is 0 Å². The largest absolute Gasteiger partial charge is 0.405 e. The van der Waals surface area contributed by atoms with Crippen molar-refractivity contribution in [3.8, 4) is 0 Å². The van der Waals surface area contributed by atoms with Crippen molar-refractivity contribution < 1.29 is 13.2 Å². The van der Waals surface area contributed by atoms with E-state index in [-0.39, 0.29) is 17.8 Å². The summed E-state index contributed by atoms with van der Waals surface area (Å²) in [5, 5.41) is 0.590. The molecule has 0 atom stereocenters. The number of hydrogen-bond donors (Lipinski definition) is 2. The number of alkyl halides is 3. The van der Waals surface area contributed by atoms with Gasteiger partial charge in [-0.3, -0.25) is 5.43 Å². The van der Waals surface area contributed by atoms with E-state index < -0.39 is 12.7 Å². The van der Waals surface area contributed by atoms with Gasteiger partial charge in [-0.1, -0.05) is 12.1 Å². The van der Waals surface area contributed by atoms with Crippen molar-refractivity contribution in [3.63, 3.8) is 0 Å². The Morgan fingerprint density at radius 3 is 2.57 bits per heavy atom. The van der Waals surface area contributed by atoms with Crippen LogP contribution in [-0.4, -0.2) is 28.7 Å². The molecule has 1 aromatic heterocycles. The normalized spacial score (nSPS) is 15.2. The van der Waals surface area contributed by atoms with Gasteiger partial charge < -0.3 is 4.90 Å². The lowest BCUT2D eigenvalue weighted by molar-refractivity contribution is -0.120. The number of aromatic nitrogens is 2. The van der Waals surface area contributed by atoms with Crippen molar-refractivity contribution in [3.05, 3.63) is 24.3 Å². The van der Waals surface area contributed by atoms with Crippen molar-refractivity contribution in [2.45, 2.75) is 25.1 Å². The van der Waals surface area contributed by atoms with Crippen molar-refractivity contribution in [1.82, 2.24) is 9.97 Å². The van der Waals surface area contributed by atoms with Crippen LogP contribution in [0.3, 0.4) is 0 Å². The molecule has 1 heterocycles. The third-order valence-electron chi connectivity index (χ3n) is 3.32. The molecule has 0 spiro atoms. The second-order valence-corrected chi connectivity index (χ2v) is 5.01. The van der Waals surface area contributed by atoms with Crippen molar-refractivity contribution in [2.75, 3.05) is 16.9 Å². The van der Waals surface area contributed by atoms with E-state index in [0.29, 0.717) is 10.9 Å². The summed E-state index contributed by atoms with van der Waals surface area (Å²) in [6.45, 7) is -1.03. The monoisotopic (exact) mass is 297 g/mol. The fourth-order valence-corrected chi connectivity index (χ4v) is 2.30. The summed E-state index contributed by atoms with van der Waals surface area (Å²) in [6, 6.07) is 6.83. The quantitative estimate of drug-likeness (QED) is 0.670. The number of rotatable bonds is 4.